The summed E-state index contributed by atoms with van der Waals surface area (Å²) in [6.45, 7) is 0.166. The van der Waals surface area contributed by atoms with Crippen LogP contribution in [0.2, 0.25) is 0 Å². The van der Waals surface area contributed by atoms with Gasteiger partial charge in [0.15, 0.2) is 6.61 Å². The van der Waals surface area contributed by atoms with Crippen LogP contribution in [0.25, 0.3) is 0 Å². The first-order valence-corrected chi connectivity index (χ1v) is 6.77. The lowest BCUT2D eigenvalue weighted by molar-refractivity contribution is -0.148. The molecule has 1 amide bonds. The van der Waals surface area contributed by atoms with Crippen molar-refractivity contribution < 1.29 is 33.3 Å². The van der Waals surface area contributed by atoms with Gasteiger partial charge in [0.25, 0.3) is 5.91 Å². The molecule has 0 bridgehead atoms. The fourth-order valence-corrected chi connectivity index (χ4v) is 1.77. The number of benzene rings is 1. The Labute approximate surface area is 132 Å². The van der Waals surface area contributed by atoms with Crippen LogP contribution in [-0.2, 0) is 23.8 Å². The van der Waals surface area contributed by atoms with E-state index < -0.39 is 18.5 Å². The van der Waals surface area contributed by atoms with Gasteiger partial charge in [0, 0.05) is 6.07 Å². The number of esters is 1. The minimum Gasteiger partial charge on any atom is -0.497 e. The molecule has 8 heteroatoms. The fourth-order valence-electron chi connectivity index (χ4n) is 1.77. The molecule has 0 unspecified atom stereocenters. The molecule has 124 valence electrons. The zero-order chi connectivity index (χ0) is 16.7. The van der Waals surface area contributed by atoms with E-state index in [1.54, 1.807) is 18.2 Å². The number of rotatable bonds is 6. The van der Waals surface area contributed by atoms with Crippen LogP contribution in [0.3, 0.4) is 0 Å². The molecule has 0 aromatic heterocycles. The first-order valence-electron chi connectivity index (χ1n) is 6.77. The van der Waals surface area contributed by atoms with Gasteiger partial charge in [-0.1, -0.05) is 0 Å². The highest BCUT2D eigenvalue weighted by Gasteiger charge is 2.18. The summed E-state index contributed by atoms with van der Waals surface area (Å²) in [5.74, 6) is -0.324. The van der Waals surface area contributed by atoms with Gasteiger partial charge in [-0.25, -0.2) is 4.79 Å². The number of anilines is 1. The highest BCUT2D eigenvalue weighted by atomic mass is 16.6. The lowest BCUT2D eigenvalue weighted by Crippen LogP contribution is -2.24. The number of carbonyl (C=O) groups is 2. The van der Waals surface area contributed by atoms with Crippen LogP contribution in [0.4, 0.5) is 5.69 Å². The zero-order valence-electron chi connectivity index (χ0n) is 12.8. The molecule has 1 heterocycles. The largest absolute Gasteiger partial charge is 0.497 e. The maximum atomic E-state index is 11.9. The molecule has 23 heavy (non-hydrogen) atoms. The molecule has 0 saturated carbocycles. The van der Waals surface area contributed by atoms with Crippen molar-refractivity contribution >= 4 is 17.6 Å². The Morgan fingerprint density at radius 3 is 2.70 bits per heavy atom. The Kier molecular flexibility index (Phi) is 5.67. The summed E-state index contributed by atoms with van der Waals surface area (Å²) in [4.78, 5) is 23.5. The second-order valence-electron chi connectivity index (χ2n) is 4.39. The summed E-state index contributed by atoms with van der Waals surface area (Å²) in [7, 11) is 3.00. The van der Waals surface area contributed by atoms with Crippen LogP contribution in [0.15, 0.2) is 30.2 Å². The van der Waals surface area contributed by atoms with E-state index in [1.165, 1.54) is 14.2 Å². The average molecular weight is 323 g/mol. The molecular weight excluding hydrogens is 306 g/mol. The molecule has 1 aliphatic heterocycles. The first-order chi connectivity index (χ1) is 11.1. The molecule has 1 aromatic rings. The highest BCUT2D eigenvalue weighted by molar-refractivity contribution is 5.95. The summed E-state index contributed by atoms with van der Waals surface area (Å²) in [5.41, 5.74) is 0.436. The number of nitrogens with one attached hydrogen (secondary N) is 1. The summed E-state index contributed by atoms with van der Waals surface area (Å²) < 4.78 is 25.1. The maximum absolute atomic E-state index is 11.9. The van der Waals surface area contributed by atoms with Gasteiger partial charge in [0.1, 0.15) is 31.0 Å². The topological polar surface area (TPSA) is 92.3 Å². The van der Waals surface area contributed by atoms with E-state index in [4.69, 9.17) is 23.7 Å². The predicted molar refractivity (Wildman–Crippen MR) is 79.1 cm³/mol. The fraction of sp³-hybridized carbons (Fsp3) is 0.333. The van der Waals surface area contributed by atoms with E-state index in [1.807, 2.05) is 0 Å². The Balaban J connectivity index is 1.89. The van der Waals surface area contributed by atoms with Crippen molar-refractivity contribution in [1.29, 1.82) is 0 Å². The molecule has 0 aliphatic carbocycles. The minimum absolute atomic E-state index is 0.0638. The van der Waals surface area contributed by atoms with E-state index in [2.05, 4.69) is 5.32 Å². The van der Waals surface area contributed by atoms with Crippen molar-refractivity contribution in [1.82, 2.24) is 0 Å². The standard InChI is InChI=1S/C15H17NO7/c1-19-10-3-4-11(12(7-10)20-2)16-14(17)9-23-15(18)13-8-21-5-6-22-13/h3-4,7-8H,5-6,9H2,1-2H3,(H,16,17). The number of ether oxygens (including phenoxy) is 5. The lowest BCUT2D eigenvalue weighted by Gasteiger charge is -2.14. The maximum Gasteiger partial charge on any atom is 0.377 e. The van der Waals surface area contributed by atoms with Crippen LogP contribution < -0.4 is 14.8 Å². The number of carbonyl (C=O) groups excluding carboxylic acids is 2. The van der Waals surface area contributed by atoms with E-state index in [0.717, 1.165) is 6.26 Å². The average Bonchev–Trinajstić information content (AvgIpc) is 2.60. The SMILES string of the molecule is COc1ccc(NC(=O)COC(=O)C2=COCCO2)c(OC)c1. The second-order valence-corrected chi connectivity index (χ2v) is 4.39. The number of hydrogen-bond donors (Lipinski definition) is 1. The summed E-state index contributed by atoms with van der Waals surface area (Å²) in [6.07, 6.45) is 1.16. The molecular formula is C15H17NO7. The smallest absolute Gasteiger partial charge is 0.377 e. The van der Waals surface area contributed by atoms with Gasteiger partial charge in [-0.15, -0.1) is 0 Å². The van der Waals surface area contributed by atoms with Gasteiger partial charge in [-0.3, -0.25) is 4.79 Å². The summed E-state index contributed by atoms with van der Waals surface area (Å²) >= 11 is 0. The Morgan fingerprint density at radius 2 is 2.04 bits per heavy atom. The van der Waals surface area contributed by atoms with Gasteiger partial charge in [-0.2, -0.15) is 0 Å². The predicted octanol–water partition coefficient (Wildman–Crippen LogP) is 1.07. The normalized spacial score (nSPS) is 13.0. The van der Waals surface area contributed by atoms with Crippen molar-refractivity contribution in [3.8, 4) is 11.5 Å². The van der Waals surface area contributed by atoms with Crippen molar-refractivity contribution in [3.05, 3.63) is 30.2 Å². The molecule has 1 aromatic carbocycles. The van der Waals surface area contributed by atoms with Crippen molar-refractivity contribution in [2.45, 2.75) is 0 Å². The summed E-state index contributed by atoms with van der Waals surface area (Å²) in [5, 5.41) is 2.58. The molecule has 8 nitrogen and oxygen atoms in total. The quantitative estimate of drug-likeness (QED) is 0.783. The van der Waals surface area contributed by atoms with Crippen LogP contribution >= 0.6 is 0 Å². The van der Waals surface area contributed by atoms with E-state index in [9.17, 15) is 9.59 Å². The van der Waals surface area contributed by atoms with Gasteiger partial charge in [0.05, 0.1) is 19.9 Å². The molecule has 0 radical (unpaired) electrons. The molecule has 0 spiro atoms. The molecule has 1 aliphatic rings. The van der Waals surface area contributed by atoms with Crippen molar-refractivity contribution in [2.24, 2.45) is 0 Å². The molecule has 1 N–H and O–H groups in total. The second kappa shape index (κ2) is 7.92. The van der Waals surface area contributed by atoms with Gasteiger partial charge < -0.3 is 29.0 Å². The lowest BCUT2D eigenvalue weighted by atomic mass is 10.2. The van der Waals surface area contributed by atoms with Crippen molar-refractivity contribution in [2.75, 3.05) is 39.4 Å². The third kappa shape index (κ3) is 4.53. The van der Waals surface area contributed by atoms with Crippen molar-refractivity contribution in [3.63, 3.8) is 0 Å². The van der Waals surface area contributed by atoms with Gasteiger partial charge in [0.2, 0.25) is 5.76 Å². The van der Waals surface area contributed by atoms with E-state index in [-0.39, 0.29) is 12.4 Å². The number of methoxy groups -OCH3 is 2. The third-order valence-corrected chi connectivity index (χ3v) is 2.87. The van der Waals surface area contributed by atoms with Crippen LogP contribution in [0, 0.1) is 0 Å². The van der Waals surface area contributed by atoms with Gasteiger partial charge >= 0.3 is 5.97 Å². The number of amides is 1. The molecule has 0 saturated heterocycles. The third-order valence-electron chi connectivity index (χ3n) is 2.87. The van der Waals surface area contributed by atoms with E-state index in [0.29, 0.717) is 23.8 Å². The monoisotopic (exact) mass is 323 g/mol. The Bertz CT molecular complexity index is 612. The first kappa shape index (κ1) is 16.5. The van der Waals surface area contributed by atoms with Crippen LogP contribution in [0.1, 0.15) is 0 Å². The summed E-state index contributed by atoms with van der Waals surface area (Å²) in [6, 6.07) is 4.92. The van der Waals surface area contributed by atoms with Gasteiger partial charge in [-0.05, 0) is 12.1 Å². The zero-order valence-corrected chi connectivity index (χ0v) is 12.8. The van der Waals surface area contributed by atoms with Crippen LogP contribution in [-0.4, -0.2) is 45.9 Å². The Hall–Kier alpha value is -2.90. The van der Waals surface area contributed by atoms with E-state index >= 15 is 0 Å². The molecule has 0 fully saturated rings. The van der Waals surface area contributed by atoms with Crippen LogP contribution in [0.5, 0.6) is 11.5 Å². The number of hydrogen-bond acceptors (Lipinski definition) is 7. The Morgan fingerprint density at radius 1 is 1.22 bits per heavy atom. The minimum atomic E-state index is -0.762. The molecule has 0 atom stereocenters. The molecule has 2 rings (SSSR count). The highest BCUT2D eigenvalue weighted by Crippen LogP contribution is 2.28.